The third-order valence-corrected chi connectivity index (χ3v) is 3.76. The van der Waals surface area contributed by atoms with Crippen molar-refractivity contribution in [3.05, 3.63) is 65.7 Å². The molecule has 0 bridgehead atoms. The van der Waals surface area contributed by atoms with Crippen LogP contribution in [0.3, 0.4) is 0 Å². The van der Waals surface area contributed by atoms with Crippen LogP contribution >= 0.6 is 0 Å². The lowest BCUT2D eigenvalue weighted by molar-refractivity contribution is 0.414. The highest BCUT2D eigenvalue weighted by molar-refractivity contribution is 5.61. The summed E-state index contributed by atoms with van der Waals surface area (Å²) in [5.74, 6) is 1.33. The number of rotatable bonds is 3. The number of methoxy groups -OCH3 is 1. The molecule has 3 nitrogen and oxygen atoms in total. The standard InChI is InChI=1S/C18H17FN2O/c1-12-13(2)21(16-5-4-6-17(11-16)22-3)18(20-12)14-7-9-15(19)10-8-14/h4-11H,1-3H3. The summed E-state index contributed by atoms with van der Waals surface area (Å²) >= 11 is 0. The second-order valence-corrected chi connectivity index (χ2v) is 5.15. The van der Waals surface area contributed by atoms with Crippen LogP contribution in [0.15, 0.2) is 48.5 Å². The monoisotopic (exact) mass is 296 g/mol. The SMILES string of the molecule is COc1cccc(-n2c(-c3ccc(F)cc3)nc(C)c2C)c1. The molecule has 1 heterocycles. The van der Waals surface area contributed by atoms with Crippen molar-refractivity contribution in [1.29, 1.82) is 0 Å². The minimum atomic E-state index is -0.253. The molecule has 0 radical (unpaired) electrons. The Labute approximate surface area is 129 Å². The Hall–Kier alpha value is -2.62. The van der Waals surface area contributed by atoms with Gasteiger partial charge in [0.25, 0.3) is 0 Å². The average Bonchev–Trinajstić information content (AvgIpc) is 2.83. The molecule has 3 aromatic rings. The van der Waals surface area contributed by atoms with Crippen LogP contribution in [-0.4, -0.2) is 16.7 Å². The molecule has 1 aromatic heterocycles. The highest BCUT2D eigenvalue weighted by Crippen LogP contribution is 2.27. The lowest BCUT2D eigenvalue weighted by Crippen LogP contribution is -2.00. The highest BCUT2D eigenvalue weighted by atomic mass is 19.1. The van der Waals surface area contributed by atoms with Crippen molar-refractivity contribution in [2.24, 2.45) is 0 Å². The van der Waals surface area contributed by atoms with Crippen LogP contribution < -0.4 is 4.74 Å². The maximum Gasteiger partial charge on any atom is 0.145 e. The summed E-state index contributed by atoms with van der Waals surface area (Å²) in [4.78, 5) is 4.64. The van der Waals surface area contributed by atoms with Gasteiger partial charge in [-0.25, -0.2) is 9.37 Å². The van der Waals surface area contributed by atoms with E-state index in [2.05, 4.69) is 9.55 Å². The Morgan fingerprint density at radius 2 is 1.77 bits per heavy atom. The number of hydrogen-bond acceptors (Lipinski definition) is 2. The first-order chi connectivity index (χ1) is 10.6. The topological polar surface area (TPSA) is 27.1 Å². The molecule has 0 fully saturated rings. The van der Waals surface area contributed by atoms with Gasteiger partial charge in [-0.15, -0.1) is 0 Å². The second kappa shape index (κ2) is 5.64. The molecule has 0 aliphatic heterocycles. The van der Waals surface area contributed by atoms with Crippen LogP contribution in [0.25, 0.3) is 17.1 Å². The van der Waals surface area contributed by atoms with Crippen molar-refractivity contribution in [2.45, 2.75) is 13.8 Å². The minimum Gasteiger partial charge on any atom is -0.497 e. The molecule has 0 aliphatic rings. The van der Waals surface area contributed by atoms with Crippen molar-refractivity contribution >= 4 is 0 Å². The van der Waals surface area contributed by atoms with E-state index in [0.29, 0.717) is 0 Å². The molecular formula is C18H17FN2O. The van der Waals surface area contributed by atoms with Crippen LogP contribution in [0.4, 0.5) is 4.39 Å². The van der Waals surface area contributed by atoms with Gasteiger partial charge in [-0.2, -0.15) is 0 Å². The first-order valence-corrected chi connectivity index (χ1v) is 7.06. The predicted octanol–water partition coefficient (Wildman–Crippen LogP) is 4.30. The Bertz CT molecular complexity index is 806. The Morgan fingerprint density at radius 1 is 1.05 bits per heavy atom. The van der Waals surface area contributed by atoms with E-state index in [-0.39, 0.29) is 5.82 Å². The van der Waals surface area contributed by atoms with Crippen molar-refractivity contribution in [2.75, 3.05) is 7.11 Å². The summed E-state index contributed by atoms with van der Waals surface area (Å²) in [5.41, 5.74) is 3.84. The number of hydrogen-bond donors (Lipinski definition) is 0. The molecule has 0 N–H and O–H groups in total. The van der Waals surface area contributed by atoms with E-state index in [9.17, 15) is 4.39 Å². The highest BCUT2D eigenvalue weighted by Gasteiger charge is 2.15. The number of nitrogens with zero attached hydrogens (tertiary/aromatic N) is 2. The summed E-state index contributed by atoms with van der Waals surface area (Å²) < 4.78 is 20.5. The molecule has 0 amide bonds. The van der Waals surface area contributed by atoms with E-state index in [1.807, 2.05) is 38.1 Å². The average molecular weight is 296 g/mol. The Morgan fingerprint density at radius 3 is 2.45 bits per heavy atom. The van der Waals surface area contributed by atoms with Gasteiger partial charge in [0.15, 0.2) is 0 Å². The van der Waals surface area contributed by atoms with Crippen LogP contribution in [0.1, 0.15) is 11.4 Å². The number of imidazole rings is 1. The van der Waals surface area contributed by atoms with E-state index < -0.39 is 0 Å². The second-order valence-electron chi connectivity index (χ2n) is 5.15. The number of aromatic nitrogens is 2. The fourth-order valence-electron chi connectivity index (χ4n) is 2.47. The van der Waals surface area contributed by atoms with Crippen molar-refractivity contribution < 1.29 is 9.13 Å². The molecule has 4 heteroatoms. The number of aryl methyl sites for hydroxylation is 1. The summed E-state index contributed by atoms with van der Waals surface area (Å²) in [7, 11) is 1.64. The van der Waals surface area contributed by atoms with Crippen LogP contribution in [0.2, 0.25) is 0 Å². The molecule has 0 saturated heterocycles. The van der Waals surface area contributed by atoms with E-state index in [0.717, 1.165) is 34.2 Å². The fourth-order valence-corrected chi connectivity index (χ4v) is 2.47. The van der Waals surface area contributed by atoms with Crippen molar-refractivity contribution in [3.8, 4) is 22.8 Å². The van der Waals surface area contributed by atoms with Gasteiger partial charge in [0.2, 0.25) is 0 Å². The maximum atomic E-state index is 13.2. The molecule has 112 valence electrons. The summed E-state index contributed by atoms with van der Waals surface area (Å²) in [6.45, 7) is 3.99. The first kappa shape index (κ1) is 14.3. The molecule has 0 atom stereocenters. The maximum absolute atomic E-state index is 13.2. The minimum absolute atomic E-state index is 0.253. The summed E-state index contributed by atoms with van der Waals surface area (Å²) in [6, 6.07) is 14.2. The van der Waals surface area contributed by atoms with E-state index in [4.69, 9.17) is 4.74 Å². The largest absolute Gasteiger partial charge is 0.497 e. The van der Waals surface area contributed by atoms with Crippen LogP contribution in [0, 0.1) is 19.7 Å². The smallest absolute Gasteiger partial charge is 0.145 e. The third kappa shape index (κ3) is 2.48. The van der Waals surface area contributed by atoms with E-state index in [1.165, 1.54) is 12.1 Å². The predicted molar refractivity (Wildman–Crippen MR) is 85.0 cm³/mol. The number of ether oxygens (including phenoxy) is 1. The third-order valence-electron chi connectivity index (χ3n) is 3.76. The molecule has 22 heavy (non-hydrogen) atoms. The van der Waals surface area contributed by atoms with Crippen molar-refractivity contribution in [3.63, 3.8) is 0 Å². The molecule has 0 unspecified atom stereocenters. The van der Waals surface area contributed by atoms with Gasteiger partial charge < -0.3 is 4.74 Å². The summed E-state index contributed by atoms with van der Waals surface area (Å²) in [6.07, 6.45) is 0. The lowest BCUT2D eigenvalue weighted by Gasteiger charge is -2.11. The number of halogens is 1. The van der Waals surface area contributed by atoms with Gasteiger partial charge in [0.05, 0.1) is 18.5 Å². The lowest BCUT2D eigenvalue weighted by atomic mass is 10.2. The van der Waals surface area contributed by atoms with Gasteiger partial charge in [-0.1, -0.05) is 6.07 Å². The zero-order chi connectivity index (χ0) is 15.7. The van der Waals surface area contributed by atoms with Gasteiger partial charge in [0, 0.05) is 17.3 Å². The van der Waals surface area contributed by atoms with E-state index in [1.54, 1.807) is 19.2 Å². The molecule has 0 spiro atoms. The molecular weight excluding hydrogens is 279 g/mol. The Balaban J connectivity index is 2.20. The zero-order valence-corrected chi connectivity index (χ0v) is 12.8. The molecule has 2 aromatic carbocycles. The normalized spacial score (nSPS) is 10.7. The molecule has 3 rings (SSSR count). The van der Waals surface area contributed by atoms with Crippen molar-refractivity contribution in [1.82, 2.24) is 9.55 Å². The first-order valence-electron chi connectivity index (χ1n) is 7.06. The fraction of sp³-hybridized carbons (Fsp3) is 0.167. The number of benzene rings is 2. The summed E-state index contributed by atoms with van der Waals surface area (Å²) in [5, 5.41) is 0. The Kier molecular flexibility index (Phi) is 3.67. The zero-order valence-electron chi connectivity index (χ0n) is 12.8. The molecule has 0 aliphatic carbocycles. The van der Waals surface area contributed by atoms with Gasteiger partial charge in [-0.05, 0) is 50.2 Å². The van der Waals surface area contributed by atoms with Gasteiger partial charge in [0.1, 0.15) is 17.4 Å². The van der Waals surface area contributed by atoms with Crippen LogP contribution in [-0.2, 0) is 0 Å². The van der Waals surface area contributed by atoms with E-state index >= 15 is 0 Å². The van der Waals surface area contributed by atoms with Crippen LogP contribution in [0.5, 0.6) is 5.75 Å². The molecule has 0 saturated carbocycles. The van der Waals surface area contributed by atoms with Gasteiger partial charge in [-0.3, -0.25) is 4.57 Å². The quantitative estimate of drug-likeness (QED) is 0.720. The van der Waals surface area contributed by atoms with Gasteiger partial charge >= 0.3 is 0 Å².